The highest BCUT2D eigenvalue weighted by atomic mass is 16.5. The fourth-order valence-corrected chi connectivity index (χ4v) is 2.95. The van der Waals surface area contributed by atoms with Crippen molar-refractivity contribution in [1.82, 2.24) is 19.9 Å². The van der Waals surface area contributed by atoms with Gasteiger partial charge in [0.1, 0.15) is 0 Å². The summed E-state index contributed by atoms with van der Waals surface area (Å²) in [4.78, 5) is 9.21. The predicted molar refractivity (Wildman–Crippen MR) is 82.9 cm³/mol. The Morgan fingerprint density at radius 1 is 1.33 bits per heavy atom. The van der Waals surface area contributed by atoms with Crippen LogP contribution in [0.3, 0.4) is 0 Å². The lowest BCUT2D eigenvalue weighted by Crippen LogP contribution is -2.45. The number of rotatable bonds is 6. The SMILES string of the molecule is CC(C)C[C@H](CN)Cc1nc(C2CN(C)CCN2C)no1. The Balaban J connectivity index is 2.00. The van der Waals surface area contributed by atoms with Crippen molar-refractivity contribution < 1.29 is 4.52 Å². The first kappa shape index (κ1) is 16.4. The maximum Gasteiger partial charge on any atom is 0.227 e. The monoisotopic (exact) mass is 295 g/mol. The van der Waals surface area contributed by atoms with Crippen molar-refractivity contribution in [3.63, 3.8) is 0 Å². The molecule has 2 N–H and O–H groups in total. The molecule has 2 atom stereocenters. The minimum atomic E-state index is 0.225. The molecule has 0 amide bonds. The van der Waals surface area contributed by atoms with Crippen LogP contribution >= 0.6 is 0 Å². The molecule has 1 aliphatic rings. The summed E-state index contributed by atoms with van der Waals surface area (Å²) in [5.74, 6) is 2.59. The largest absolute Gasteiger partial charge is 0.339 e. The summed E-state index contributed by atoms with van der Waals surface area (Å²) in [6.45, 7) is 8.17. The van der Waals surface area contributed by atoms with Crippen molar-refractivity contribution in [1.29, 1.82) is 0 Å². The zero-order chi connectivity index (χ0) is 15.4. The highest BCUT2D eigenvalue weighted by Gasteiger charge is 2.28. The molecule has 0 bridgehead atoms. The van der Waals surface area contributed by atoms with Crippen LogP contribution in [0.25, 0.3) is 0 Å². The second-order valence-electron chi connectivity index (χ2n) is 6.74. The molecule has 0 aliphatic carbocycles. The maximum atomic E-state index is 5.85. The van der Waals surface area contributed by atoms with Gasteiger partial charge in [-0.2, -0.15) is 4.98 Å². The minimum absolute atomic E-state index is 0.225. The molecule has 120 valence electrons. The third kappa shape index (κ3) is 4.49. The number of nitrogens with two attached hydrogens (primary N) is 1. The third-order valence-corrected chi connectivity index (χ3v) is 4.23. The summed E-state index contributed by atoms with van der Waals surface area (Å²) < 4.78 is 5.45. The van der Waals surface area contributed by atoms with E-state index in [0.29, 0.717) is 18.4 Å². The Morgan fingerprint density at radius 2 is 2.10 bits per heavy atom. The number of aromatic nitrogens is 2. The molecule has 2 heterocycles. The first-order chi connectivity index (χ1) is 9.99. The van der Waals surface area contributed by atoms with Gasteiger partial charge in [0.2, 0.25) is 5.89 Å². The molecule has 0 saturated carbocycles. The van der Waals surface area contributed by atoms with Gasteiger partial charge in [0, 0.05) is 26.1 Å². The summed E-state index contributed by atoms with van der Waals surface area (Å²) in [6, 6.07) is 0.225. The molecule has 21 heavy (non-hydrogen) atoms. The molecular weight excluding hydrogens is 266 g/mol. The van der Waals surface area contributed by atoms with Gasteiger partial charge in [0.05, 0.1) is 6.04 Å². The lowest BCUT2D eigenvalue weighted by Gasteiger charge is -2.35. The van der Waals surface area contributed by atoms with Gasteiger partial charge < -0.3 is 15.2 Å². The van der Waals surface area contributed by atoms with Crippen LogP contribution in [-0.2, 0) is 6.42 Å². The molecule has 1 aromatic rings. The Kier molecular flexibility index (Phi) is 5.72. The highest BCUT2D eigenvalue weighted by molar-refractivity contribution is 4.98. The Morgan fingerprint density at radius 3 is 2.76 bits per heavy atom. The van der Waals surface area contributed by atoms with Crippen LogP contribution in [0.4, 0.5) is 0 Å². The van der Waals surface area contributed by atoms with E-state index in [1.165, 1.54) is 0 Å². The van der Waals surface area contributed by atoms with Crippen molar-refractivity contribution in [3.05, 3.63) is 11.7 Å². The summed E-state index contributed by atoms with van der Waals surface area (Å²) in [5, 5.41) is 4.20. The van der Waals surface area contributed by atoms with E-state index < -0.39 is 0 Å². The van der Waals surface area contributed by atoms with Gasteiger partial charge in [-0.3, -0.25) is 4.90 Å². The van der Waals surface area contributed by atoms with Crippen LogP contribution in [0.1, 0.15) is 38.0 Å². The van der Waals surface area contributed by atoms with Gasteiger partial charge in [-0.1, -0.05) is 19.0 Å². The Labute approximate surface area is 127 Å². The van der Waals surface area contributed by atoms with Crippen LogP contribution in [0.5, 0.6) is 0 Å². The van der Waals surface area contributed by atoms with E-state index in [1.807, 2.05) is 0 Å². The summed E-state index contributed by atoms with van der Waals surface area (Å²) >= 11 is 0. The standard InChI is InChI=1S/C15H29N5O/c1-11(2)7-12(9-16)8-14-17-15(18-21-14)13-10-19(3)5-6-20(13)4/h11-13H,5-10,16H2,1-4H3/t12-,13?/m0/s1. The fraction of sp³-hybridized carbons (Fsp3) is 0.867. The second-order valence-corrected chi connectivity index (χ2v) is 6.74. The van der Waals surface area contributed by atoms with Crippen LogP contribution in [0.2, 0.25) is 0 Å². The van der Waals surface area contributed by atoms with Crippen LogP contribution < -0.4 is 5.73 Å². The van der Waals surface area contributed by atoms with E-state index in [1.54, 1.807) is 0 Å². The lowest BCUT2D eigenvalue weighted by molar-refractivity contribution is 0.108. The van der Waals surface area contributed by atoms with E-state index in [2.05, 4.69) is 47.9 Å². The second kappa shape index (κ2) is 7.33. The summed E-state index contributed by atoms with van der Waals surface area (Å²) in [7, 11) is 4.25. The molecule has 0 spiro atoms. The molecular formula is C15H29N5O. The average molecular weight is 295 g/mol. The van der Waals surface area contributed by atoms with E-state index >= 15 is 0 Å². The van der Waals surface area contributed by atoms with E-state index in [0.717, 1.165) is 44.2 Å². The van der Waals surface area contributed by atoms with Crippen LogP contribution in [0.15, 0.2) is 4.52 Å². The number of hydrogen-bond donors (Lipinski definition) is 1. The van der Waals surface area contributed by atoms with E-state index in [9.17, 15) is 0 Å². The number of piperazine rings is 1. The molecule has 2 rings (SSSR count). The average Bonchev–Trinajstić information content (AvgIpc) is 2.88. The van der Waals surface area contributed by atoms with Crippen molar-refractivity contribution in [2.75, 3.05) is 40.3 Å². The molecule has 6 heteroatoms. The zero-order valence-electron chi connectivity index (χ0n) is 13.7. The van der Waals surface area contributed by atoms with Crippen LogP contribution in [-0.4, -0.2) is 60.2 Å². The maximum absolute atomic E-state index is 5.85. The smallest absolute Gasteiger partial charge is 0.227 e. The molecule has 0 radical (unpaired) electrons. The molecule has 6 nitrogen and oxygen atoms in total. The van der Waals surface area contributed by atoms with Crippen molar-refractivity contribution >= 4 is 0 Å². The van der Waals surface area contributed by atoms with Gasteiger partial charge in [-0.05, 0) is 38.9 Å². The fourth-order valence-electron chi connectivity index (χ4n) is 2.95. The van der Waals surface area contributed by atoms with Gasteiger partial charge in [0.25, 0.3) is 0 Å². The number of hydrogen-bond acceptors (Lipinski definition) is 6. The summed E-state index contributed by atoms with van der Waals surface area (Å²) in [5.41, 5.74) is 5.85. The van der Waals surface area contributed by atoms with Crippen molar-refractivity contribution in [3.8, 4) is 0 Å². The zero-order valence-corrected chi connectivity index (χ0v) is 13.7. The van der Waals surface area contributed by atoms with E-state index in [4.69, 9.17) is 10.3 Å². The normalized spacial score (nSPS) is 22.9. The van der Waals surface area contributed by atoms with Gasteiger partial charge >= 0.3 is 0 Å². The minimum Gasteiger partial charge on any atom is -0.339 e. The first-order valence-corrected chi connectivity index (χ1v) is 7.91. The first-order valence-electron chi connectivity index (χ1n) is 7.91. The number of likely N-dealkylation sites (N-methyl/N-ethyl adjacent to an activating group) is 2. The summed E-state index contributed by atoms with van der Waals surface area (Å²) in [6.07, 6.45) is 1.88. The van der Waals surface area contributed by atoms with Crippen molar-refractivity contribution in [2.45, 2.75) is 32.7 Å². The topological polar surface area (TPSA) is 71.4 Å². The highest BCUT2D eigenvalue weighted by Crippen LogP contribution is 2.22. The van der Waals surface area contributed by atoms with Gasteiger partial charge in [-0.25, -0.2) is 0 Å². The third-order valence-electron chi connectivity index (χ3n) is 4.23. The quantitative estimate of drug-likeness (QED) is 0.849. The van der Waals surface area contributed by atoms with Gasteiger partial charge in [-0.15, -0.1) is 0 Å². The Bertz CT molecular complexity index is 433. The molecule has 1 saturated heterocycles. The van der Waals surface area contributed by atoms with Crippen LogP contribution in [0, 0.1) is 11.8 Å². The molecule has 1 aliphatic heterocycles. The molecule has 1 fully saturated rings. The predicted octanol–water partition coefficient (Wildman–Crippen LogP) is 1.15. The molecule has 1 aromatic heterocycles. The van der Waals surface area contributed by atoms with Gasteiger partial charge in [0.15, 0.2) is 5.82 Å². The Hall–Kier alpha value is -0.980. The molecule has 0 aromatic carbocycles. The molecule has 1 unspecified atom stereocenters. The lowest BCUT2D eigenvalue weighted by atomic mass is 9.94. The number of nitrogens with zero attached hydrogens (tertiary/aromatic N) is 4. The van der Waals surface area contributed by atoms with Crippen molar-refractivity contribution in [2.24, 2.45) is 17.6 Å². The van der Waals surface area contributed by atoms with E-state index in [-0.39, 0.29) is 6.04 Å².